The molecule has 0 bridgehead atoms. The van der Waals surface area contributed by atoms with Crippen LogP contribution in [0.15, 0.2) is 30.3 Å². The van der Waals surface area contributed by atoms with Gasteiger partial charge in [0.25, 0.3) is 0 Å². The summed E-state index contributed by atoms with van der Waals surface area (Å²) < 4.78 is 13.2. The van der Waals surface area contributed by atoms with Crippen LogP contribution in [0.2, 0.25) is 10.0 Å². The van der Waals surface area contributed by atoms with Crippen molar-refractivity contribution in [1.29, 1.82) is 0 Å². The zero-order valence-electron chi connectivity index (χ0n) is 9.60. The first kappa shape index (κ1) is 13.0. The van der Waals surface area contributed by atoms with E-state index in [1.165, 1.54) is 12.1 Å². The average Bonchev–Trinajstić information content (AvgIpc) is 2.28. The summed E-state index contributed by atoms with van der Waals surface area (Å²) in [6.45, 7) is 1.86. The standard InChI is InChI=1S/C13H11Cl2FN2/c1-7-2-3-8(16)4-12(7)18-13-10(14)5-9(17)6-11(13)15/h2-6,18H,17H2,1H3. The molecule has 0 unspecified atom stereocenters. The molecule has 2 rings (SSSR count). The van der Waals surface area contributed by atoms with E-state index in [1.54, 1.807) is 18.2 Å². The van der Waals surface area contributed by atoms with E-state index in [9.17, 15) is 4.39 Å². The zero-order chi connectivity index (χ0) is 13.3. The van der Waals surface area contributed by atoms with Crippen LogP contribution < -0.4 is 11.1 Å². The van der Waals surface area contributed by atoms with E-state index in [-0.39, 0.29) is 5.82 Å². The van der Waals surface area contributed by atoms with E-state index < -0.39 is 0 Å². The number of nitrogen functional groups attached to an aromatic ring is 1. The van der Waals surface area contributed by atoms with Gasteiger partial charge in [-0.25, -0.2) is 4.39 Å². The fourth-order valence-electron chi connectivity index (χ4n) is 1.58. The van der Waals surface area contributed by atoms with Gasteiger partial charge in [-0.2, -0.15) is 0 Å². The van der Waals surface area contributed by atoms with Crippen LogP contribution in [0.25, 0.3) is 0 Å². The SMILES string of the molecule is Cc1ccc(F)cc1Nc1c(Cl)cc(N)cc1Cl. The molecule has 2 aromatic carbocycles. The molecule has 0 saturated heterocycles. The Morgan fingerprint density at radius 3 is 2.33 bits per heavy atom. The molecule has 0 spiro atoms. The highest BCUT2D eigenvalue weighted by atomic mass is 35.5. The number of nitrogens with one attached hydrogen (secondary N) is 1. The van der Waals surface area contributed by atoms with Crippen molar-refractivity contribution < 1.29 is 4.39 Å². The normalized spacial score (nSPS) is 10.4. The zero-order valence-corrected chi connectivity index (χ0v) is 11.1. The van der Waals surface area contributed by atoms with Crippen LogP contribution >= 0.6 is 23.2 Å². The molecule has 94 valence electrons. The lowest BCUT2D eigenvalue weighted by molar-refractivity contribution is 0.628. The second kappa shape index (κ2) is 5.04. The maximum absolute atomic E-state index is 13.2. The van der Waals surface area contributed by atoms with E-state index in [1.807, 2.05) is 6.92 Å². The Kier molecular flexibility index (Phi) is 3.64. The smallest absolute Gasteiger partial charge is 0.125 e. The first-order chi connectivity index (χ1) is 8.47. The Morgan fingerprint density at radius 2 is 1.72 bits per heavy atom. The minimum atomic E-state index is -0.328. The second-order valence-electron chi connectivity index (χ2n) is 3.94. The van der Waals surface area contributed by atoms with Crippen LogP contribution in [0.1, 0.15) is 5.56 Å². The molecule has 2 aromatic rings. The van der Waals surface area contributed by atoms with E-state index in [4.69, 9.17) is 28.9 Å². The van der Waals surface area contributed by atoms with Crippen molar-refractivity contribution in [3.63, 3.8) is 0 Å². The molecule has 3 N–H and O–H groups in total. The van der Waals surface area contributed by atoms with Crippen LogP contribution in [-0.2, 0) is 0 Å². The van der Waals surface area contributed by atoms with Gasteiger partial charge in [0, 0.05) is 11.4 Å². The lowest BCUT2D eigenvalue weighted by Crippen LogP contribution is -1.97. The van der Waals surface area contributed by atoms with Gasteiger partial charge in [0.05, 0.1) is 15.7 Å². The second-order valence-corrected chi connectivity index (χ2v) is 4.76. The Bertz CT molecular complexity index is 577. The summed E-state index contributed by atoms with van der Waals surface area (Å²) >= 11 is 12.1. The number of nitrogens with two attached hydrogens (primary N) is 1. The Hall–Kier alpha value is -1.45. The van der Waals surface area contributed by atoms with Gasteiger partial charge in [-0.15, -0.1) is 0 Å². The lowest BCUT2D eigenvalue weighted by atomic mass is 10.2. The third kappa shape index (κ3) is 2.68. The third-order valence-corrected chi connectivity index (χ3v) is 3.12. The fraction of sp³-hybridized carbons (Fsp3) is 0.0769. The first-order valence-electron chi connectivity index (χ1n) is 5.25. The van der Waals surface area contributed by atoms with Gasteiger partial charge >= 0.3 is 0 Å². The summed E-state index contributed by atoms with van der Waals surface area (Å²) in [6, 6.07) is 7.64. The van der Waals surface area contributed by atoms with E-state index in [0.717, 1.165) is 5.56 Å². The minimum Gasteiger partial charge on any atom is -0.399 e. The number of anilines is 3. The van der Waals surface area contributed by atoms with Gasteiger partial charge in [0.1, 0.15) is 5.82 Å². The molecule has 0 aliphatic rings. The quantitative estimate of drug-likeness (QED) is 0.780. The van der Waals surface area contributed by atoms with Crippen molar-refractivity contribution in [3.05, 3.63) is 51.8 Å². The van der Waals surface area contributed by atoms with Crippen molar-refractivity contribution in [1.82, 2.24) is 0 Å². The number of halogens is 3. The molecule has 0 amide bonds. The summed E-state index contributed by atoms with van der Waals surface area (Å²) in [7, 11) is 0. The van der Waals surface area contributed by atoms with Crippen molar-refractivity contribution in [3.8, 4) is 0 Å². The minimum absolute atomic E-state index is 0.328. The predicted octanol–water partition coefficient (Wildman–Crippen LogP) is 4.77. The fourth-order valence-corrected chi connectivity index (χ4v) is 2.17. The highest BCUT2D eigenvalue weighted by molar-refractivity contribution is 6.39. The molecule has 5 heteroatoms. The van der Waals surface area contributed by atoms with Gasteiger partial charge in [0.15, 0.2) is 0 Å². The van der Waals surface area contributed by atoms with Crippen molar-refractivity contribution in [2.75, 3.05) is 11.1 Å². The summed E-state index contributed by atoms with van der Waals surface area (Å²) in [6.07, 6.45) is 0. The lowest BCUT2D eigenvalue weighted by Gasteiger charge is -2.13. The number of aryl methyl sites for hydroxylation is 1. The third-order valence-electron chi connectivity index (χ3n) is 2.52. The number of hydrogen-bond acceptors (Lipinski definition) is 2. The molecule has 0 atom stereocenters. The van der Waals surface area contributed by atoms with Crippen LogP contribution in [0, 0.1) is 12.7 Å². The molecule has 0 aliphatic carbocycles. The molecule has 18 heavy (non-hydrogen) atoms. The molecule has 0 saturated carbocycles. The average molecular weight is 285 g/mol. The molecule has 0 aromatic heterocycles. The molecule has 0 radical (unpaired) electrons. The van der Waals surface area contributed by atoms with E-state index >= 15 is 0 Å². The maximum atomic E-state index is 13.2. The monoisotopic (exact) mass is 284 g/mol. The van der Waals surface area contributed by atoms with E-state index in [0.29, 0.717) is 27.1 Å². The Morgan fingerprint density at radius 1 is 1.11 bits per heavy atom. The molecule has 2 nitrogen and oxygen atoms in total. The molecule has 0 aliphatic heterocycles. The summed E-state index contributed by atoms with van der Waals surface area (Å²) in [5.74, 6) is -0.328. The van der Waals surface area contributed by atoms with Crippen LogP contribution in [0.3, 0.4) is 0 Å². The van der Waals surface area contributed by atoms with Crippen molar-refractivity contribution in [2.24, 2.45) is 0 Å². The summed E-state index contributed by atoms with van der Waals surface area (Å²) in [4.78, 5) is 0. The predicted molar refractivity (Wildman–Crippen MR) is 75.3 cm³/mol. The summed E-state index contributed by atoms with van der Waals surface area (Å²) in [5, 5.41) is 3.80. The number of rotatable bonds is 2. The van der Waals surface area contributed by atoms with Crippen molar-refractivity contribution in [2.45, 2.75) is 6.92 Å². The first-order valence-corrected chi connectivity index (χ1v) is 6.00. The Labute approximate surface area is 115 Å². The van der Waals surface area contributed by atoms with Crippen LogP contribution in [0.5, 0.6) is 0 Å². The van der Waals surface area contributed by atoms with Gasteiger partial charge in [-0.1, -0.05) is 29.3 Å². The van der Waals surface area contributed by atoms with Crippen LogP contribution in [0.4, 0.5) is 21.5 Å². The highest BCUT2D eigenvalue weighted by Gasteiger charge is 2.09. The van der Waals surface area contributed by atoms with Gasteiger partial charge in [-0.05, 0) is 36.8 Å². The molecule has 0 fully saturated rings. The molecular weight excluding hydrogens is 274 g/mol. The number of benzene rings is 2. The molecular formula is C13H11Cl2FN2. The number of hydrogen-bond donors (Lipinski definition) is 2. The maximum Gasteiger partial charge on any atom is 0.125 e. The van der Waals surface area contributed by atoms with Gasteiger partial charge < -0.3 is 11.1 Å². The summed E-state index contributed by atoms with van der Waals surface area (Å²) in [5.41, 5.74) is 8.12. The van der Waals surface area contributed by atoms with Crippen molar-refractivity contribution >= 4 is 40.3 Å². The highest BCUT2D eigenvalue weighted by Crippen LogP contribution is 2.35. The van der Waals surface area contributed by atoms with E-state index in [2.05, 4.69) is 5.32 Å². The topological polar surface area (TPSA) is 38.0 Å². The molecule has 0 heterocycles. The van der Waals surface area contributed by atoms with Gasteiger partial charge in [-0.3, -0.25) is 0 Å². The van der Waals surface area contributed by atoms with Crippen LogP contribution in [-0.4, -0.2) is 0 Å². The Balaban J connectivity index is 2.43. The van der Waals surface area contributed by atoms with Gasteiger partial charge in [0.2, 0.25) is 0 Å². The largest absolute Gasteiger partial charge is 0.399 e.